The lowest BCUT2D eigenvalue weighted by atomic mass is 9.62. The van der Waals surface area contributed by atoms with Gasteiger partial charge in [-0.1, -0.05) is 30.3 Å². The topological polar surface area (TPSA) is 29.5 Å². The zero-order chi connectivity index (χ0) is 13.7. The lowest BCUT2D eigenvalue weighted by Crippen LogP contribution is -2.54. The van der Waals surface area contributed by atoms with Gasteiger partial charge in [-0.2, -0.15) is 0 Å². The molecule has 0 aromatic heterocycles. The van der Waals surface area contributed by atoms with Gasteiger partial charge in [0.15, 0.2) is 0 Å². The Hall–Kier alpha value is -0.860. The summed E-state index contributed by atoms with van der Waals surface area (Å²) >= 11 is 0. The summed E-state index contributed by atoms with van der Waals surface area (Å²) in [5.74, 6) is 0.777. The molecule has 0 radical (unpaired) electrons. The Morgan fingerprint density at radius 3 is 2.53 bits per heavy atom. The van der Waals surface area contributed by atoms with Gasteiger partial charge in [0.25, 0.3) is 0 Å². The summed E-state index contributed by atoms with van der Waals surface area (Å²) < 4.78 is 6.40. The number of rotatable bonds is 1. The van der Waals surface area contributed by atoms with E-state index < -0.39 is 5.60 Å². The van der Waals surface area contributed by atoms with Gasteiger partial charge in [-0.3, -0.25) is 0 Å². The van der Waals surface area contributed by atoms with Gasteiger partial charge in [0.2, 0.25) is 0 Å². The van der Waals surface area contributed by atoms with Crippen molar-refractivity contribution in [3.05, 3.63) is 35.9 Å². The number of fused-ring (bicyclic) bond motifs is 2. The minimum absolute atomic E-state index is 0.0164. The van der Waals surface area contributed by atoms with Gasteiger partial charge in [-0.25, -0.2) is 0 Å². The van der Waals surface area contributed by atoms with E-state index in [1.807, 2.05) is 13.0 Å². The first-order valence-electron chi connectivity index (χ1n) is 7.35. The second-order valence-corrected chi connectivity index (χ2v) is 6.99. The van der Waals surface area contributed by atoms with Gasteiger partial charge < -0.3 is 9.84 Å². The Labute approximate surface area is 115 Å². The first kappa shape index (κ1) is 13.1. The highest BCUT2D eigenvalue weighted by molar-refractivity contribution is 5.21. The van der Waals surface area contributed by atoms with Gasteiger partial charge in [-0.15, -0.1) is 0 Å². The van der Waals surface area contributed by atoms with Gasteiger partial charge in [0.05, 0.1) is 17.3 Å². The maximum absolute atomic E-state index is 10.7. The molecule has 2 nitrogen and oxygen atoms in total. The predicted octanol–water partition coefficient (Wildman–Crippen LogP) is 3.70. The third kappa shape index (κ3) is 2.21. The van der Waals surface area contributed by atoms with Gasteiger partial charge in [-0.05, 0) is 51.5 Å². The largest absolute Gasteiger partial charge is 0.390 e. The van der Waals surface area contributed by atoms with Crippen LogP contribution in [0.2, 0.25) is 0 Å². The van der Waals surface area contributed by atoms with Gasteiger partial charge in [0, 0.05) is 5.92 Å². The zero-order valence-corrected chi connectivity index (χ0v) is 12.1. The Morgan fingerprint density at radius 1 is 1.16 bits per heavy atom. The average Bonchev–Trinajstić information content (AvgIpc) is 2.36. The van der Waals surface area contributed by atoms with Crippen LogP contribution >= 0.6 is 0 Å². The van der Waals surface area contributed by atoms with Crippen LogP contribution in [0, 0.1) is 11.8 Å². The highest BCUT2D eigenvalue weighted by atomic mass is 16.5. The van der Waals surface area contributed by atoms with Crippen molar-refractivity contribution >= 4 is 0 Å². The lowest BCUT2D eigenvalue weighted by Gasteiger charge is -2.55. The number of benzene rings is 1. The van der Waals surface area contributed by atoms with E-state index in [1.54, 1.807) is 0 Å². The molecule has 0 amide bonds. The summed E-state index contributed by atoms with van der Waals surface area (Å²) in [7, 11) is 0. The van der Waals surface area contributed by atoms with E-state index in [0.717, 1.165) is 19.3 Å². The minimum Gasteiger partial charge on any atom is -0.390 e. The predicted molar refractivity (Wildman–Crippen MR) is 75.8 cm³/mol. The molecule has 2 fully saturated rings. The Bertz CT molecular complexity index is 448. The summed E-state index contributed by atoms with van der Waals surface area (Å²) in [5, 5.41) is 10.7. The first-order valence-corrected chi connectivity index (χ1v) is 7.35. The summed E-state index contributed by atoms with van der Waals surface area (Å²) in [6.45, 7) is 6.37. The molecule has 1 saturated carbocycles. The normalized spacial score (nSPS) is 40.9. The van der Waals surface area contributed by atoms with E-state index in [9.17, 15) is 5.11 Å². The molecule has 0 unspecified atom stereocenters. The van der Waals surface area contributed by atoms with Crippen LogP contribution in [0.5, 0.6) is 0 Å². The molecular formula is C17H24O2. The molecule has 3 rings (SSSR count). The number of hydrogen-bond donors (Lipinski definition) is 1. The van der Waals surface area contributed by atoms with Crippen LogP contribution in [-0.4, -0.2) is 16.3 Å². The fraction of sp³-hybridized carbons (Fsp3) is 0.647. The zero-order valence-electron chi connectivity index (χ0n) is 12.1. The molecule has 1 aromatic rings. The first-order chi connectivity index (χ1) is 8.90. The van der Waals surface area contributed by atoms with Crippen molar-refractivity contribution in [3.63, 3.8) is 0 Å². The van der Waals surface area contributed by atoms with Crippen molar-refractivity contribution < 1.29 is 9.84 Å². The SMILES string of the molecule is CC1(C)O[C@@H](c2ccccc2)[C@H]2C[C@H]1CC[C@@]2(C)O. The third-order valence-electron chi connectivity index (χ3n) is 5.24. The molecule has 0 spiro atoms. The van der Waals surface area contributed by atoms with E-state index in [4.69, 9.17) is 4.74 Å². The van der Waals surface area contributed by atoms with Crippen molar-refractivity contribution in [2.24, 2.45) is 11.8 Å². The Kier molecular flexibility index (Phi) is 2.99. The molecule has 2 aliphatic rings. The summed E-state index contributed by atoms with van der Waals surface area (Å²) in [6.07, 6.45) is 3.04. The highest BCUT2D eigenvalue weighted by Crippen LogP contribution is 2.54. The quantitative estimate of drug-likeness (QED) is 0.834. The van der Waals surface area contributed by atoms with Crippen LogP contribution in [0.4, 0.5) is 0 Å². The molecule has 104 valence electrons. The molecule has 2 heteroatoms. The van der Waals surface area contributed by atoms with Crippen molar-refractivity contribution in [1.82, 2.24) is 0 Å². The summed E-state index contributed by atoms with van der Waals surface area (Å²) in [5.41, 5.74) is 0.502. The van der Waals surface area contributed by atoms with Crippen LogP contribution in [0.25, 0.3) is 0 Å². The molecule has 1 N–H and O–H groups in total. The van der Waals surface area contributed by atoms with Gasteiger partial charge >= 0.3 is 0 Å². The number of ether oxygens (including phenoxy) is 1. The Balaban J connectivity index is 1.98. The van der Waals surface area contributed by atoms with Crippen molar-refractivity contribution in [2.45, 2.75) is 57.3 Å². The molecule has 1 aromatic carbocycles. The van der Waals surface area contributed by atoms with E-state index in [0.29, 0.717) is 5.92 Å². The smallest absolute Gasteiger partial charge is 0.0887 e. The van der Waals surface area contributed by atoms with Crippen LogP contribution < -0.4 is 0 Å². The van der Waals surface area contributed by atoms with Crippen molar-refractivity contribution in [3.8, 4) is 0 Å². The molecule has 19 heavy (non-hydrogen) atoms. The van der Waals surface area contributed by atoms with Crippen LogP contribution in [0.15, 0.2) is 30.3 Å². The maximum Gasteiger partial charge on any atom is 0.0887 e. The van der Waals surface area contributed by atoms with Crippen molar-refractivity contribution in [2.75, 3.05) is 0 Å². The lowest BCUT2D eigenvalue weighted by molar-refractivity contribution is -0.232. The number of aliphatic hydroxyl groups is 1. The molecule has 2 bridgehead atoms. The van der Waals surface area contributed by atoms with Crippen LogP contribution in [0.3, 0.4) is 0 Å². The van der Waals surface area contributed by atoms with Gasteiger partial charge in [0.1, 0.15) is 0 Å². The second kappa shape index (κ2) is 4.32. The number of hydrogen-bond acceptors (Lipinski definition) is 2. The highest BCUT2D eigenvalue weighted by Gasteiger charge is 2.52. The standard InChI is InChI=1S/C17H24O2/c1-16(2)13-9-10-17(3,18)14(11-13)15(19-16)12-7-5-4-6-8-12/h4-8,13-15,18H,9-11H2,1-3H3/t13-,14-,15+,17-/m1/s1. The third-order valence-corrected chi connectivity index (χ3v) is 5.24. The average molecular weight is 260 g/mol. The molecule has 1 saturated heterocycles. The Morgan fingerprint density at radius 2 is 1.84 bits per heavy atom. The monoisotopic (exact) mass is 260 g/mol. The molecule has 1 heterocycles. The van der Waals surface area contributed by atoms with Crippen LogP contribution in [-0.2, 0) is 4.74 Å². The maximum atomic E-state index is 10.7. The summed E-state index contributed by atoms with van der Waals surface area (Å²) in [6, 6.07) is 10.4. The molecule has 1 aliphatic heterocycles. The minimum atomic E-state index is -0.604. The molecule has 4 atom stereocenters. The fourth-order valence-electron chi connectivity index (χ4n) is 3.86. The van der Waals surface area contributed by atoms with E-state index in [2.05, 4.69) is 38.1 Å². The molecule has 1 aliphatic carbocycles. The van der Waals surface area contributed by atoms with E-state index in [-0.39, 0.29) is 17.6 Å². The van der Waals surface area contributed by atoms with Crippen LogP contribution in [0.1, 0.15) is 51.7 Å². The summed E-state index contributed by atoms with van der Waals surface area (Å²) in [4.78, 5) is 0. The van der Waals surface area contributed by atoms with E-state index >= 15 is 0 Å². The fourth-order valence-corrected chi connectivity index (χ4v) is 3.86. The molecular weight excluding hydrogens is 236 g/mol. The second-order valence-electron chi connectivity index (χ2n) is 6.99. The van der Waals surface area contributed by atoms with E-state index in [1.165, 1.54) is 5.56 Å². The van der Waals surface area contributed by atoms with Crippen molar-refractivity contribution in [1.29, 1.82) is 0 Å².